The van der Waals surface area contributed by atoms with Crippen LogP contribution < -0.4 is 10.1 Å². The standard InChI is InChI=1S/C17H23N3O/c1-18-16-8-4-3-6-13-10-20(12-15(13)16)11-14-7-5-9-17(19-14)21-2/h5,7,9-10,12,16,18H,3-4,6,8,11H2,1-2H3. The number of methoxy groups -OCH3 is 1. The van der Waals surface area contributed by atoms with Gasteiger partial charge in [-0.3, -0.25) is 0 Å². The highest BCUT2D eigenvalue weighted by atomic mass is 16.5. The summed E-state index contributed by atoms with van der Waals surface area (Å²) in [7, 11) is 3.71. The Morgan fingerprint density at radius 1 is 1.33 bits per heavy atom. The van der Waals surface area contributed by atoms with E-state index in [4.69, 9.17) is 4.74 Å². The molecular formula is C17H23N3O. The predicted octanol–water partition coefficient (Wildman–Crippen LogP) is 2.93. The number of aromatic nitrogens is 2. The van der Waals surface area contributed by atoms with Gasteiger partial charge in [-0.1, -0.05) is 12.5 Å². The number of aryl methyl sites for hydroxylation is 1. The Bertz CT molecular complexity index is 606. The first kappa shape index (κ1) is 14.1. The molecule has 2 aromatic heterocycles. The molecule has 0 amide bonds. The minimum absolute atomic E-state index is 0.488. The summed E-state index contributed by atoms with van der Waals surface area (Å²) in [5, 5.41) is 3.45. The van der Waals surface area contributed by atoms with Gasteiger partial charge in [-0.05, 0) is 43.5 Å². The molecule has 0 saturated carbocycles. The highest BCUT2D eigenvalue weighted by Crippen LogP contribution is 2.29. The second-order valence-electron chi connectivity index (χ2n) is 5.67. The molecule has 4 nitrogen and oxygen atoms in total. The summed E-state index contributed by atoms with van der Waals surface area (Å²) in [5.74, 6) is 0.675. The lowest BCUT2D eigenvalue weighted by Gasteiger charge is -2.13. The molecule has 1 atom stereocenters. The molecule has 0 aromatic carbocycles. The third-order valence-electron chi connectivity index (χ3n) is 4.25. The molecule has 2 aromatic rings. The van der Waals surface area contributed by atoms with E-state index in [1.807, 2.05) is 18.2 Å². The number of rotatable bonds is 4. The number of ether oxygens (including phenoxy) is 1. The van der Waals surface area contributed by atoms with E-state index < -0.39 is 0 Å². The van der Waals surface area contributed by atoms with Crippen LogP contribution in [-0.4, -0.2) is 23.7 Å². The van der Waals surface area contributed by atoms with Gasteiger partial charge in [-0.25, -0.2) is 4.98 Å². The van der Waals surface area contributed by atoms with Crippen molar-refractivity contribution in [3.8, 4) is 5.88 Å². The Morgan fingerprint density at radius 2 is 2.24 bits per heavy atom. The minimum Gasteiger partial charge on any atom is -0.481 e. The van der Waals surface area contributed by atoms with E-state index in [9.17, 15) is 0 Å². The predicted molar refractivity (Wildman–Crippen MR) is 83.7 cm³/mol. The second kappa shape index (κ2) is 6.31. The number of hydrogen-bond acceptors (Lipinski definition) is 3. The highest BCUT2D eigenvalue weighted by Gasteiger charge is 2.19. The third-order valence-corrected chi connectivity index (χ3v) is 4.25. The van der Waals surface area contributed by atoms with Crippen molar-refractivity contribution in [3.63, 3.8) is 0 Å². The number of fused-ring (bicyclic) bond motifs is 1. The Morgan fingerprint density at radius 3 is 3.05 bits per heavy atom. The molecule has 1 aliphatic carbocycles. The first-order valence-electron chi connectivity index (χ1n) is 7.66. The fraction of sp³-hybridized carbons (Fsp3) is 0.471. The van der Waals surface area contributed by atoms with E-state index in [2.05, 4.69) is 34.3 Å². The average molecular weight is 285 g/mol. The smallest absolute Gasteiger partial charge is 0.213 e. The summed E-state index contributed by atoms with van der Waals surface area (Å²) >= 11 is 0. The van der Waals surface area contributed by atoms with E-state index in [0.29, 0.717) is 11.9 Å². The zero-order valence-corrected chi connectivity index (χ0v) is 12.8. The van der Waals surface area contributed by atoms with Gasteiger partial charge in [0.05, 0.1) is 19.3 Å². The number of hydrogen-bond donors (Lipinski definition) is 1. The van der Waals surface area contributed by atoms with Crippen molar-refractivity contribution < 1.29 is 4.74 Å². The summed E-state index contributed by atoms with van der Waals surface area (Å²) in [6.45, 7) is 0.792. The Labute approximate surface area is 126 Å². The fourth-order valence-electron chi connectivity index (χ4n) is 3.15. The van der Waals surface area contributed by atoms with Gasteiger partial charge in [0.1, 0.15) is 0 Å². The van der Waals surface area contributed by atoms with Gasteiger partial charge in [0, 0.05) is 24.5 Å². The molecule has 0 spiro atoms. The monoisotopic (exact) mass is 285 g/mol. The molecule has 0 aliphatic heterocycles. The summed E-state index contributed by atoms with van der Waals surface area (Å²) < 4.78 is 7.45. The van der Waals surface area contributed by atoms with Crippen molar-refractivity contribution in [1.29, 1.82) is 0 Å². The average Bonchev–Trinajstić information content (AvgIpc) is 2.80. The molecule has 0 saturated heterocycles. The van der Waals surface area contributed by atoms with Gasteiger partial charge in [0.15, 0.2) is 0 Å². The maximum Gasteiger partial charge on any atom is 0.213 e. The van der Waals surface area contributed by atoms with E-state index in [-0.39, 0.29) is 0 Å². The lowest BCUT2D eigenvalue weighted by atomic mass is 10.1. The maximum absolute atomic E-state index is 5.19. The summed E-state index contributed by atoms with van der Waals surface area (Å²) in [5.41, 5.74) is 3.97. The van der Waals surface area contributed by atoms with Crippen molar-refractivity contribution in [2.75, 3.05) is 14.2 Å². The summed E-state index contributed by atoms with van der Waals surface area (Å²) in [4.78, 5) is 4.49. The van der Waals surface area contributed by atoms with Gasteiger partial charge in [0.25, 0.3) is 0 Å². The van der Waals surface area contributed by atoms with Crippen LogP contribution in [0.3, 0.4) is 0 Å². The van der Waals surface area contributed by atoms with Crippen LogP contribution in [0.5, 0.6) is 5.88 Å². The molecule has 4 heteroatoms. The Hall–Kier alpha value is -1.81. The molecule has 112 valence electrons. The van der Waals surface area contributed by atoms with E-state index in [0.717, 1.165) is 12.2 Å². The molecular weight excluding hydrogens is 262 g/mol. The molecule has 2 heterocycles. The normalized spacial score (nSPS) is 18.1. The van der Waals surface area contributed by atoms with Crippen LogP contribution >= 0.6 is 0 Å². The fourth-order valence-corrected chi connectivity index (χ4v) is 3.15. The van der Waals surface area contributed by atoms with Crippen LogP contribution in [0, 0.1) is 0 Å². The van der Waals surface area contributed by atoms with Crippen LogP contribution in [-0.2, 0) is 13.0 Å². The number of nitrogens with one attached hydrogen (secondary N) is 1. The highest BCUT2D eigenvalue weighted by molar-refractivity contribution is 5.30. The molecule has 1 N–H and O–H groups in total. The molecule has 21 heavy (non-hydrogen) atoms. The largest absolute Gasteiger partial charge is 0.481 e. The zero-order valence-electron chi connectivity index (χ0n) is 12.8. The Kier molecular flexibility index (Phi) is 4.25. The first-order valence-corrected chi connectivity index (χ1v) is 7.66. The molecule has 0 fully saturated rings. The van der Waals surface area contributed by atoms with Gasteiger partial charge in [-0.2, -0.15) is 0 Å². The zero-order chi connectivity index (χ0) is 14.7. The van der Waals surface area contributed by atoms with Crippen LogP contribution in [0.25, 0.3) is 0 Å². The van der Waals surface area contributed by atoms with E-state index in [1.165, 1.54) is 36.8 Å². The topological polar surface area (TPSA) is 39.1 Å². The van der Waals surface area contributed by atoms with Crippen LogP contribution in [0.4, 0.5) is 0 Å². The molecule has 0 radical (unpaired) electrons. The van der Waals surface area contributed by atoms with E-state index >= 15 is 0 Å². The molecule has 1 unspecified atom stereocenters. The van der Waals surface area contributed by atoms with E-state index in [1.54, 1.807) is 7.11 Å². The molecule has 0 bridgehead atoms. The SMILES string of the molecule is CNC1CCCCc2cn(Cc3cccc(OC)n3)cc21. The number of pyridine rings is 1. The lowest BCUT2D eigenvalue weighted by Crippen LogP contribution is -2.15. The third kappa shape index (κ3) is 3.10. The molecule has 1 aliphatic rings. The van der Waals surface area contributed by atoms with Crippen molar-refractivity contribution in [1.82, 2.24) is 14.9 Å². The van der Waals surface area contributed by atoms with Gasteiger partial charge < -0.3 is 14.6 Å². The van der Waals surface area contributed by atoms with Crippen LogP contribution in [0.15, 0.2) is 30.6 Å². The number of nitrogens with zero attached hydrogens (tertiary/aromatic N) is 2. The Balaban J connectivity index is 1.83. The summed E-state index contributed by atoms with van der Waals surface area (Å²) in [6.07, 6.45) is 9.57. The van der Waals surface area contributed by atoms with Crippen molar-refractivity contribution in [2.24, 2.45) is 0 Å². The quantitative estimate of drug-likeness (QED) is 0.878. The minimum atomic E-state index is 0.488. The summed E-state index contributed by atoms with van der Waals surface area (Å²) in [6, 6.07) is 6.41. The van der Waals surface area contributed by atoms with Crippen molar-refractivity contribution in [3.05, 3.63) is 47.4 Å². The lowest BCUT2D eigenvalue weighted by molar-refractivity contribution is 0.396. The van der Waals surface area contributed by atoms with Crippen LogP contribution in [0.2, 0.25) is 0 Å². The van der Waals surface area contributed by atoms with Crippen molar-refractivity contribution in [2.45, 2.75) is 38.3 Å². The maximum atomic E-state index is 5.19. The second-order valence-corrected chi connectivity index (χ2v) is 5.67. The first-order chi connectivity index (χ1) is 10.3. The molecule has 3 rings (SSSR count). The van der Waals surface area contributed by atoms with Crippen molar-refractivity contribution >= 4 is 0 Å². The van der Waals surface area contributed by atoms with Crippen LogP contribution in [0.1, 0.15) is 42.1 Å². The van der Waals surface area contributed by atoms with Gasteiger partial charge in [-0.15, -0.1) is 0 Å². The van der Waals surface area contributed by atoms with Gasteiger partial charge >= 0.3 is 0 Å². The van der Waals surface area contributed by atoms with Gasteiger partial charge in [0.2, 0.25) is 5.88 Å².